The number of nitrogens with one attached hydrogen (secondary N) is 1. The molecule has 0 aliphatic heterocycles. The molecule has 4 N–H and O–H groups in total. The Bertz CT molecular complexity index is 317. The topological polar surface area (TPSA) is 58.3 Å². The van der Waals surface area contributed by atoms with E-state index in [-0.39, 0.29) is 5.69 Å². The van der Waals surface area contributed by atoms with Gasteiger partial charge in [-0.1, -0.05) is 19.4 Å². The van der Waals surface area contributed by atoms with Crippen molar-refractivity contribution in [2.24, 2.45) is 0 Å². The second-order valence-corrected chi connectivity index (χ2v) is 3.52. The lowest BCUT2D eigenvalue weighted by molar-refractivity contribution is 0.176. The maximum atomic E-state index is 13.0. The Kier molecular flexibility index (Phi) is 4.37. The normalized spacial score (nSPS) is 12.5. The van der Waals surface area contributed by atoms with E-state index in [9.17, 15) is 9.50 Å². The van der Waals surface area contributed by atoms with Gasteiger partial charge in [-0.2, -0.15) is 0 Å². The van der Waals surface area contributed by atoms with Gasteiger partial charge in [0, 0.05) is 6.54 Å². The van der Waals surface area contributed by atoms with Crippen LogP contribution in [0.3, 0.4) is 0 Å². The molecule has 1 aromatic carbocycles. The number of nitrogen functional groups attached to an aromatic ring is 1. The molecule has 0 amide bonds. The van der Waals surface area contributed by atoms with Gasteiger partial charge in [0.2, 0.25) is 0 Å². The summed E-state index contributed by atoms with van der Waals surface area (Å²) >= 11 is 0. The Morgan fingerprint density at radius 3 is 2.93 bits per heavy atom. The second-order valence-electron chi connectivity index (χ2n) is 3.52. The number of benzene rings is 1. The number of halogens is 1. The van der Waals surface area contributed by atoms with Gasteiger partial charge in [-0.05, 0) is 18.6 Å². The monoisotopic (exact) mass is 212 g/mol. The summed E-state index contributed by atoms with van der Waals surface area (Å²) < 4.78 is 13.0. The molecule has 0 radical (unpaired) electrons. The third-order valence-corrected chi connectivity index (χ3v) is 2.20. The van der Waals surface area contributed by atoms with Crippen LogP contribution in [-0.2, 0) is 0 Å². The van der Waals surface area contributed by atoms with Crippen molar-refractivity contribution in [2.45, 2.75) is 25.9 Å². The van der Waals surface area contributed by atoms with E-state index in [0.717, 1.165) is 12.8 Å². The van der Waals surface area contributed by atoms with Gasteiger partial charge in [-0.3, -0.25) is 0 Å². The van der Waals surface area contributed by atoms with E-state index in [2.05, 4.69) is 5.32 Å². The number of hydrogen-bond acceptors (Lipinski definition) is 3. The number of para-hydroxylation sites is 1. The minimum absolute atomic E-state index is 0.0983. The van der Waals surface area contributed by atoms with Crippen LogP contribution in [0.15, 0.2) is 18.2 Å². The quantitative estimate of drug-likeness (QED) is 0.654. The lowest BCUT2D eigenvalue weighted by Gasteiger charge is -2.13. The molecule has 0 saturated heterocycles. The molecule has 0 saturated carbocycles. The smallest absolute Gasteiger partial charge is 0.148 e. The number of anilines is 2. The fourth-order valence-corrected chi connectivity index (χ4v) is 1.35. The number of aliphatic hydroxyl groups is 1. The van der Waals surface area contributed by atoms with Crippen LogP contribution in [0.25, 0.3) is 0 Å². The molecule has 0 aromatic heterocycles. The van der Waals surface area contributed by atoms with Crippen molar-refractivity contribution in [3.05, 3.63) is 24.0 Å². The highest BCUT2D eigenvalue weighted by Crippen LogP contribution is 2.20. The van der Waals surface area contributed by atoms with Crippen LogP contribution in [0, 0.1) is 5.82 Å². The summed E-state index contributed by atoms with van der Waals surface area (Å²) in [6.07, 6.45) is 1.22. The van der Waals surface area contributed by atoms with Crippen molar-refractivity contribution in [1.29, 1.82) is 0 Å². The third-order valence-electron chi connectivity index (χ3n) is 2.20. The van der Waals surface area contributed by atoms with E-state index < -0.39 is 11.9 Å². The fraction of sp³-hybridized carbons (Fsp3) is 0.455. The molecule has 15 heavy (non-hydrogen) atoms. The second kappa shape index (κ2) is 5.56. The van der Waals surface area contributed by atoms with Crippen LogP contribution in [0.2, 0.25) is 0 Å². The summed E-state index contributed by atoms with van der Waals surface area (Å²) in [5.41, 5.74) is 6.15. The van der Waals surface area contributed by atoms with Gasteiger partial charge in [0.25, 0.3) is 0 Å². The first-order chi connectivity index (χ1) is 7.15. The van der Waals surface area contributed by atoms with Crippen LogP contribution in [0.1, 0.15) is 19.8 Å². The van der Waals surface area contributed by atoms with Gasteiger partial charge in [-0.15, -0.1) is 0 Å². The molecule has 1 atom stereocenters. The predicted molar refractivity (Wildman–Crippen MR) is 60.2 cm³/mol. The Labute approximate surface area is 89.1 Å². The zero-order valence-corrected chi connectivity index (χ0v) is 8.83. The molecule has 0 spiro atoms. The Balaban J connectivity index is 2.54. The minimum atomic E-state index is -0.440. The average molecular weight is 212 g/mol. The van der Waals surface area contributed by atoms with Crippen LogP contribution in [0.5, 0.6) is 0 Å². The molecule has 4 heteroatoms. The summed E-state index contributed by atoms with van der Waals surface area (Å²) in [5.74, 6) is -0.440. The fourth-order valence-electron chi connectivity index (χ4n) is 1.35. The van der Waals surface area contributed by atoms with Crippen molar-refractivity contribution < 1.29 is 9.50 Å². The van der Waals surface area contributed by atoms with E-state index >= 15 is 0 Å². The molecule has 84 valence electrons. The highest BCUT2D eigenvalue weighted by Gasteiger charge is 2.06. The van der Waals surface area contributed by atoms with Gasteiger partial charge in [0.1, 0.15) is 5.82 Å². The molecule has 0 aliphatic carbocycles. The molecule has 3 nitrogen and oxygen atoms in total. The highest BCUT2D eigenvalue weighted by molar-refractivity contribution is 5.66. The number of nitrogens with two attached hydrogens (primary N) is 1. The van der Waals surface area contributed by atoms with E-state index in [4.69, 9.17) is 5.73 Å². The molecule has 1 rings (SSSR count). The van der Waals surface area contributed by atoms with Crippen molar-refractivity contribution in [3.8, 4) is 0 Å². The number of hydrogen-bond donors (Lipinski definition) is 3. The predicted octanol–water partition coefficient (Wildman–Crippen LogP) is 1.98. The summed E-state index contributed by atoms with van der Waals surface area (Å²) in [7, 11) is 0. The molecular formula is C11H17FN2O. The van der Waals surface area contributed by atoms with Gasteiger partial charge >= 0.3 is 0 Å². The van der Waals surface area contributed by atoms with Crippen molar-refractivity contribution in [2.75, 3.05) is 17.6 Å². The van der Waals surface area contributed by atoms with Crippen LogP contribution >= 0.6 is 0 Å². The Morgan fingerprint density at radius 2 is 2.27 bits per heavy atom. The summed E-state index contributed by atoms with van der Waals surface area (Å²) in [4.78, 5) is 0. The first-order valence-corrected chi connectivity index (χ1v) is 5.11. The Hall–Kier alpha value is -1.29. The van der Waals surface area contributed by atoms with Gasteiger partial charge in [-0.25, -0.2) is 4.39 Å². The maximum absolute atomic E-state index is 13.0. The maximum Gasteiger partial charge on any atom is 0.148 e. The molecule has 0 heterocycles. The lowest BCUT2D eigenvalue weighted by Crippen LogP contribution is -2.19. The first-order valence-electron chi connectivity index (χ1n) is 5.11. The van der Waals surface area contributed by atoms with E-state index in [1.165, 1.54) is 6.07 Å². The van der Waals surface area contributed by atoms with Crippen molar-refractivity contribution in [3.63, 3.8) is 0 Å². The largest absolute Gasteiger partial charge is 0.395 e. The van der Waals surface area contributed by atoms with Crippen molar-refractivity contribution >= 4 is 11.4 Å². The molecule has 1 aromatic rings. The van der Waals surface area contributed by atoms with Gasteiger partial charge in [0.15, 0.2) is 0 Å². The molecule has 0 aliphatic rings. The minimum Gasteiger partial charge on any atom is -0.395 e. The number of rotatable bonds is 5. The molecular weight excluding hydrogens is 195 g/mol. The van der Waals surface area contributed by atoms with Gasteiger partial charge < -0.3 is 16.2 Å². The van der Waals surface area contributed by atoms with Gasteiger partial charge in [0.05, 0.1) is 17.5 Å². The Morgan fingerprint density at radius 1 is 1.53 bits per heavy atom. The molecule has 0 bridgehead atoms. The first kappa shape index (κ1) is 11.8. The highest BCUT2D eigenvalue weighted by atomic mass is 19.1. The zero-order valence-electron chi connectivity index (χ0n) is 8.83. The van der Waals surface area contributed by atoms with Crippen LogP contribution in [-0.4, -0.2) is 17.8 Å². The summed E-state index contributed by atoms with van der Waals surface area (Å²) in [5, 5.41) is 12.4. The van der Waals surface area contributed by atoms with Crippen LogP contribution in [0.4, 0.5) is 15.8 Å². The van der Waals surface area contributed by atoms with E-state index in [1.807, 2.05) is 6.92 Å². The summed E-state index contributed by atoms with van der Waals surface area (Å²) in [6.45, 7) is 2.39. The lowest BCUT2D eigenvalue weighted by atomic mass is 10.2. The standard InChI is InChI=1S/C11H17FN2O/c1-2-4-8(15)7-14-10-6-3-5-9(12)11(10)13/h3,5-6,8,14-15H,2,4,7,13H2,1H3. The number of aliphatic hydroxyl groups excluding tert-OH is 1. The molecule has 1 unspecified atom stereocenters. The third kappa shape index (κ3) is 3.40. The van der Waals surface area contributed by atoms with Crippen LogP contribution < -0.4 is 11.1 Å². The van der Waals surface area contributed by atoms with E-state index in [1.54, 1.807) is 12.1 Å². The van der Waals surface area contributed by atoms with E-state index in [0.29, 0.717) is 12.2 Å². The van der Waals surface area contributed by atoms with Crippen molar-refractivity contribution in [1.82, 2.24) is 0 Å². The summed E-state index contributed by atoms with van der Waals surface area (Å²) in [6, 6.07) is 4.58. The molecule has 0 fully saturated rings. The zero-order chi connectivity index (χ0) is 11.3. The SMILES string of the molecule is CCCC(O)CNc1cccc(F)c1N. The average Bonchev–Trinajstić information content (AvgIpc) is 2.21.